The number of fused-ring (bicyclic) bond motifs is 1. The lowest BCUT2D eigenvalue weighted by Crippen LogP contribution is -2.41. The Morgan fingerprint density at radius 3 is 2.18 bits per heavy atom. The van der Waals surface area contributed by atoms with E-state index in [0.717, 1.165) is 43.2 Å². The van der Waals surface area contributed by atoms with Gasteiger partial charge in [0.25, 0.3) is 0 Å². The summed E-state index contributed by atoms with van der Waals surface area (Å²) in [7, 11) is 0. The molecule has 1 saturated carbocycles. The van der Waals surface area contributed by atoms with Gasteiger partial charge in [-0.3, -0.25) is 9.69 Å². The highest BCUT2D eigenvalue weighted by atomic mass is 19.4. The first-order chi connectivity index (χ1) is 16.1. The van der Waals surface area contributed by atoms with Crippen molar-refractivity contribution in [2.75, 3.05) is 18.4 Å². The summed E-state index contributed by atoms with van der Waals surface area (Å²) in [5.74, 6) is -3.21. The molecule has 182 valence electrons. The van der Waals surface area contributed by atoms with Gasteiger partial charge in [-0.15, -0.1) is 0 Å². The lowest BCUT2D eigenvalue weighted by Gasteiger charge is -2.36. The SMILES string of the molecule is O=C(C=Cc1ccc(F)cc1)Nc1ccc2c(c1)CCN(C1CCC1)CC2.O=C(O)C(F)(F)F. The van der Waals surface area contributed by atoms with Crippen molar-refractivity contribution in [3.05, 3.63) is 71.0 Å². The maximum absolute atomic E-state index is 12.9. The Hall–Kier alpha value is -3.20. The van der Waals surface area contributed by atoms with Crippen molar-refractivity contribution in [1.82, 2.24) is 4.90 Å². The second kappa shape index (κ2) is 11.3. The van der Waals surface area contributed by atoms with Crippen LogP contribution in [0.5, 0.6) is 0 Å². The number of amides is 1. The van der Waals surface area contributed by atoms with Crippen LogP contribution >= 0.6 is 0 Å². The fourth-order valence-electron chi connectivity index (χ4n) is 3.87. The van der Waals surface area contributed by atoms with E-state index in [1.807, 2.05) is 6.07 Å². The maximum Gasteiger partial charge on any atom is 0.490 e. The minimum absolute atomic E-state index is 0.177. The van der Waals surface area contributed by atoms with Crippen LogP contribution in [-0.2, 0) is 22.4 Å². The van der Waals surface area contributed by atoms with E-state index in [1.54, 1.807) is 18.2 Å². The number of benzene rings is 2. The Morgan fingerprint density at radius 2 is 1.62 bits per heavy atom. The van der Waals surface area contributed by atoms with Gasteiger partial charge in [0.1, 0.15) is 5.82 Å². The summed E-state index contributed by atoms with van der Waals surface area (Å²) in [4.78, 5) is 23.7. The number of carboxylic acid groups (broad SMARTS) is 1. The number of hydrogen-bond donors (Lipinski definition) is 2. The topological polar surface area (TPSA) is 69.6 Å². The summed E-state index contributed by atoms with van der Waals surface area (Å²) in [6, 6.07) is 13.1. The molecule has 1 aliphatic heterocycles. The Bertz CT molecular complexity index is 1030. The minimum Gasteiger partial charge on any atom is -0.475 e. The normalized spacial score (nSPS) is 16.6. The standard InChI is InChI=1S/C23H25FN2O.C2HF3O2/c24-20-8-4-17(5-9-20)6-11-23(27)25-21-10-7-18-12-14-26(22-2-1-3-22)15-13-19(18)16-21;3-2(4,5)1(6)7/h4-11,16,22H,1-3,12-15H2,(H,25,27);(H,6,7). The van der Waals surface area contributed by atoms with E-state index in [-0.39, 0.29) is 11.7 Å². The van der Waals surface area contributed by atoms with Crippen molar-refractivity contribution < 1.29 is 32.3 Å². The number of halogens is 4. The van der Waals surface area contributed by atoms with Crippen LogP contribution in [0.25, 0.3) is 6.08 Å². The Morgan fingerprint density at radius 1 is 1.00 bits per heavy atom. The van der Waals surface area contributed by atoms with Crippen molar-refractivity contribution in [3.63, 3.8) is 0 Å². The Kier molecular flexibility index (Phi) is 8.44. The molecular formula is C25H26F4N2O3. The molecule has 0 unspecified atom stereocenters. The second-order valence-electron chi connectivity index (χ2n) is 8.28. The molecule has 0 saturated heterocycles. The van der Waals surface area contributed by atoms with Crippen LogP contribution in [0.2, 0.25) is 0 Å². The first-order valence-corrected chi connectivity index (χ1v) is 11.0. The smallest absolute Gasteiger partial charge is 0.475 e. The summed E-state index contributed by atoms with van der Waals surface area (Å²) in [5, 5.41) is 10.1. The summed E-state index contributed by atoms with van der Waals surface area (Å²) in [6.07, 6.45) is 4.28. The summed E-state index contributed by atoms with van der Waals surface area (Å²) in [5.41, 5.74) is 4.37. The zero-order chi connectivity index (χ0) is 24.7. The van der Waals surface area contributed by atoms with E-state index in [1.165, 1.54) is 48.6 Å². The van der Waals surface area contributed by atoms with Gasteiger partial charge in [-0.2, -0.15) is 13.2 Å². The lowest BCUT2D eigenvalue weighted by atomic mass is 9.91. The molecule has 0 atom stereocenters. The van der Waals surface area contributed by atoms with Gasteiger partial charge in [-0.25, -0.2) is 9.18 Å². The molecule has 2 aromatic carbocycles. The number of alkyl halides is 3. The van der Waals surface area contributed by atoms with Crippen LogP contribution in [-0.4, -0.2) is 47.2 Å². The third kappa shape index (κ3) is 7.41. The molecule has 1 aliphatic carbocycles. The monoisotopic (exact) mass is 478 g/mol. The molecule has 2 aliphatic rings. The van der Waals surface area contributed by atoms with Gasteiger partial charge in [0.05, 0.1) is 0 Å². The number of carbonyl (C=O) groups is 2. The molecule has 34 heavy (non-hydrogen) atoms. The third-order valence-corrected chi connectivity index (χ3v) is 5.94. The van der Waals surface area contributed by atoms with E-state index in [4.69, 9.17) is 9.90 Å². The van der Waals surface area contributed by atoms with Crippen molar-refractivity contribution in [3.8, 4) is 0 Å². The molecule has 0 spiro atoms. The van der Waals surface area contributed by atoms with Gasteiger partial charge >= 0.3 is 12.1 Å². The second-order valence-corrected chi connectivity index (χ2v) is 8.28. The predicted molar refractivity (Wildman–Crippen MR) is 121 cm³/mol. The first kappa shape index (κ1) is 25.4. The maximum atomic E-state index is 12.9. The van der Waals surface area contributed by atoms with Gasteiger partial charge in [-0.05, 0) is 72.7 Å². The molecule has 1 heterocycles. The first-order valence-electron chi connectivity index (χ1n) is 11.0. The summed E-state index contributed by atoms with van der Waals surface area (Å²) in [6.45, 7) is 2.25. The molecule has 5 nitrogen and oxygen atoms in total. The Balaban J connectivity index is 0.000000406. The minimum atomic E-state index is -5.08. The molecule has 1 amide bonds. The van der Waals surface area contributed by atoms with Crippen molar-refractivity contribution in [2.45, 2.75) is 44.3 Å². The van der Waals surface area contributed by atoms with Gasteiger partial charge in [0, 0.05) is 30.9 Å². The average molecular weight is 478 g/mol. The van der Waals surface area contributed by atoms with E-state index in [9.17, 15) is 22.4 Å². The van der Waals surface area contributed by atoms with E-state index in [2.05, 4.69) is 22.3 Å². The van der Waals surface area contributed by atoms with Crippen LogP contribution in [0.3, 0.4) is 0 Å². The van der Waals surface area contributed by atoms with Gasteiger partial charge < -0.3 is 10.4 Å². The fraction of sp³-hybridized carbons (Fsp3) is 0.360. The van der Waals surface area contributed by atoms with Gasteiger partial charge in [0.15, 0.2) is 0 Å². The molecule has 0 bridgehead atoms. The highest BCUT2D eigenvalue weighted by Crippen LogP contribution is 2.28. The molecule has 1 fully saturated rings. The van der Waals surface area contributed by atoms with E-state index < -0.39 is 12.1 Å². The van der Waals surface area contributed by atoms with Crippen LogP contribution in [0.1, 0.15) is 36.0 Å². The third-order valence-electron chi connectivity index (χ3n) is 5.94. The van der Waals surface area contributed by atoms with E-state index >= 15 is 0 Å². The number of carbonyl (C=O) groups excluding carboxylic acids is 1. The van der Waals surface area contributed by atoms with Crippen molar-refractivity contribution in [2.24, 2.45) is 0 Å². The lowest BCUT2D eigenvalue weighted by molar-refractivity contribution is -0.192. The highest BCUT2D eigenvalue weighted by molar-refractivity contribution is 6.02. The zero-order valence-corrected chi connectivity index (χ0v) is 18.4. The predicted octanol–water partition coefficient (Wildman–Crippen LogP) is 5.06. The van der Waals surface area contributed by atoms with Crippen molar-refractivity contribution >= 4 is 23.6 Å². The molecule has 2 aromatic rings. The van der Waals surface area contributed by atoms with Crippen LogP contribution < -0.4 is 5.32 Å². The van der Waals surface area contributed by atoms with Gasteiger partial charge in [-0.1, -0.05) is 24.6 Å². The molecule has 9 heteroatoms. The molecule has 0 radical (unpaired) electrons. The van der Waals surface area contributed by atoms with Crippen molar-refractivity contribution in [1.29, 1.82) is 0 Å². The average Bonchev–Trinajstić information content (AvgIpc) is 2.94. The number of anilines is 1. The van der Waals surface area contributed by atoms with Crippen LogP contribution in [0, 0.1) is 5.82 Å². The largest absolute Gasteiger partial charge is 0.490 e. The molecule has 0 aromatic heterocycles. The number of nitrogens with zero attached hydrogens (tertiary/aromatic N) is 1. The molecule has 2 N–H and O–H groups in total. The number of rotatable bonds is 4. The summed E-state index contributed by atoms with van der Waals surface area (Å²) >= 11 is 0. The zero-order valence-electron chi connectivity index (χ0n) is 18.4. The highest BCUT2D eigenvalue weighted by Gasteiger charge is 2.38. The molecule has 4 rings (SSSR count). The fourth-order valence-corrected chi connectivity index (χ4v) is 3.87. The Labute approximate surface area is 195 Å². The molecular weight excluding hydrogens is 452 g/mol. The summed E-state index contributed by atoms with van der Waals surface area (Å²) < 4.78 is 44.7. The number of carboxylic acids is 1. The van der Waals surface area contributed by atoms with Crippen LogP contribution in [0.15, 0.2) is 48.5 Å². The number of hydrogen-bond acceptors (Lipinski definition) is 3. The van der Waals surface area contributed by atoms with Crippen LogP contribution in [0.4, 0.5) is 23.2 Å². The van der Waals surface area contributed by atoms with E-state index in [0.29, 0.717) is 0 Å². The number of nitrogens with one attached hydrogen (secondary N) is 1. The quantitative estimate of drug-likeness (QED) is 0.476. The number of aliphatic carboxylic acids is 1. The van der Waals surface area contributed by atoms with Gasteiger partial charge in [0.2, 0.25) is 5.91 Å².